The lowest BCUT2D eigenvalue weighted by atomic mass is 9.95. The van der Waals surface area contributed by atoms with Crippen molar-refractivity contribution in [1.82, 2.24) is 4.98 Å². The summed E-state index contributed by atoms with van der Waals surface area (Å²) in [6.07, 6.45) is 6.67. The minimum atomic E-state index is 0. The van der Waals surface area contributed by atoms with Gasteiger partial charge >= 0.3 is 0 Å². The zero-order chi connectivity index (χ0) is 11.0. The maximum atomic E-state index is 4.91. The number of pyridine rings is 1. The van der Waals surface area contributed by atoms with Gasteiger partial charge in [0.25, 0.3) is 0 Å². The Hall–Kier alpha value is -0.760. The summed E-state index contributed by atoms with van der Waals surface area (Å²) in [5, 5.41) is 3.45. The summed E-state index contributed by atoms with van der Waals surface area (Å²) in [5.41, 5.74) is 3.91. The van der Waals surface area contributed by atoms with Gasteiger partial charge in [0, 0.05) is 24.1 Å². The third kappa shape index (κ3) is 2.42. The van der Waals surface area contributed by atoms with Gasteiger partial charge in [-0.1, -0.05) is 19.8 Å². The van der Waals surface area contributed by atoms with Crippen LogP contribution in [0.3, 0.4) is 0 Å². The van der Waals surface area contributed by atoms with Crippen molar-refractivity contribution in [3.05, 3.63) is 23.5 Å². The van der Waals surface area contributed by atoms with Crippen LogP contribution < -0.4 is 5.32 Å². The number of fused-ring (bicyclic) bond motifs is 1. The lowest BCUT2D eigenvalue weighted by molar-refractivity contribution is 0.636. The minimum Gasteiger partial charge on any atom is -0.384 e. The third-order valence-corrected chi connectivity index (χ3v) is 4.08. The second-order valence-electron chi connectivity index (χ2n) is 5.27. The standard InChI is InChI=1S/C14H20N2.ClH/c1-10-8-9-15-13-7-6-12(16-14(10)13)11-4-2-3-5-11;/h6-7,10-11,15H,2-5,8-9H2,1H3;1H. The molecule has 94 valence electrons. The average Bonchev–Trinajstić information content (AvgIpc) is 2.83. The molecule has 1 saturated carbocycles. The van der Waals surface area contributed by atoms with Crippen molar-refractivity contribution in [2.45, 2.75) is 50.9 Å². The summed E-state index contributed by atoms with van der Waals surface area (Å²) in [5.74, 6) is 1.36. The molecule has 2 aliphatic rings. The Balaban J connectivity index is 0.00000108. The van der Waals surface area contributed by atoms with Crippen molar-refractivity contribution in [3.8, 4) is 0 Å². The van der Waals surface area contributed by atoms with Gasteiger partial charge in [-0.05, 0) is 31.4 Å². The van der Waals surface area contributed by atoms with Crippen LogP contribution in [-0.2, 0) is 0 Å². The quantitative estimate of drug-likeness (QED) is 0.815. The lowest BCUT2D eigenvalue weighted by Gasteiger charge is -2.24. The van der Waals surface area contributed by atoms with Crippen LogP contribution in [0.15, 0.2) is 12.1 Å². The number of hydrogen-bond acceptors (Lipinski definition) is 2. The van der Waals surface area contributed by atoms with Crippen LogP contribution in [0.5, 0.6) is 0 Å². The number of aromatic nitrogens is 1. The van der Waals surface area contributed by atoms with E-state index in [9.17, 15) is 0 Å². The van der Waals surface area contributed by atoms with E-state index in [1.54, 1.807) is 0 Å². The molecule has 0 amide bonds. The van der Waals surface area contributed by atoms with Crippen LogP contribution in [-0.4, -0.2) is 11.5 Å². The van der Waals surface area contributed by atoms with Gasteiger partial charge in [0.2, 0.25) is 0 Å². The first-order valence-corrected chi connectivity index (χ1v) is 6.59. The molecule has 1 aromatic rings. The van der Waals surface area contributed by atoms with Crippen molar-refractivity contribution in [3.63, 3.8) is 0 Å². The van der Waals surface area contributed by atoms with E-state index in [0.717, 1.165) is 12.5 Å². The van der Waals surface area contributed by atoms with Gasteiger partial charge in [-0.3, -0.25) is 4.98 Å². The molecule has 17 heavy (non-hydrogen) atoms. The molecule has 2 nitrogen and oxygen atoms in total. The normalized spacial score (nSPS) is 23.7. The van der Waals surface area contributed by atoms with E-state index in [4.69, 9.17) is 4.98 Å². The van der Waals surface area contributed by atoms with Crippen molar-refractivity contribution in [2.75, 3.05) is 11.9 Å². The predicted octanol–water partition coefficient (Wildman–Crippen LogP) is 4.08. The molecule has 0 radical (unpaired) electrons. The highest BCUT2D eigenvalue weighted by Gasteiger charge is 2.22. The number of nitrogens with zero attached hydrogens (tertiary/aromatic N) is 1. The molecule has 0 saturated heterocycles. The Kier molecular flexibility index (Phi) is 3.93. The van der Waals surface area contributed by atoms with Crippen molar-refractivity contribution in [2.24, 2.45) is 0 Å². The number of anilines is 1. The second-order valence-corrected chi connectivity index (χ2v) is 5.27. The molecule has 1 unspecified atom stereocenters. The number of rotatable bonds is 1. The second kappa shape index (κ2) is 5.26. The minimum absolute atomic E-state index is 0. The zero-order valence-electron chi connectivity index (χ0n) is 10.4. The Morgan fingerprint density at radius 2 is 1.94 bits per heavy atom. The monoisotopic (exact) mass is 252 g/mol. The van der Waals surface area contributed by atoms with Crippen molar-refractivity contribution >= 4 is 18.1 Å². The molecule has 3 rings (SSSR count). The average molecular weight is 253 g/mol. The summed E-state index contributed by atoms with van der Waals surface area (Å²) in [7, 11) is 0. The Labute approximate surface area is 110 Å². The van der Waals surface area contributed by atoms with E-state index in [0.29, 0.717) is 5.92 Å². The molecular formula is C14H21ClN2. The number of nitrogens with one attached hydrogen (secondary N) is 1. The van der Waals surface area contributed by atoms with Crippen LogP contribution in [0.1, 0.15) is 62.3 Å². The largest absolute Gasteiger partial charge is 0.384 e. The van der Waals surface area contributed by atoms with Crippen LogP contribution in [0, 0.1) is 0 Å². The van der Waals surface area contributed by atoms with Gasteiger partial charge in [0.15, 0.2) is 0 Å². The summed E-state index contributed by atoms with van der Waals surface area (Å²) < 4.78 is 0. The summed E-state index contributed by atoms with van der Waals surface area (Å²) in [4.78, 5) is 4.91. The van der Waals surface area contributed by atoms with E-state index < -0.39 is 0 Å². The van der Waals surface area contributed by atoms with Gasteiger partial charge < -0.3 is 5.32 Å². The van der Waals surface area contributed by atoms with E-state index in [2.05, 4.69) is 24.4 Å². The molecule has 1 aliphatic carbocycles. The van der Waals surface area contributed by atoms with Crippen molar-refractivity contribution in [1.29, 1.82) is 0 Å². The molecule has 1 fully saturated rings. The maximum absolute atomic E-state index is 4.91. The molecule has 0 bridgehead atoms. The van der Waals surface area contributed by atoms with E-state index in [1.807, 2.05) is 0 Å². The van der Waals surface area contributed by atoms with Crippen LogP contribution in [0.25, 0.3) is 0 Å². The van der Waals surface area contributed by atoms with Gasteiger partial charge in [0.05, 0.1) is 11.4 Å². The first kappa shape index (κ1) is 12.7. The molecular weight excluding hydrogens is 232 g/mol. The summed E-state index contributed by atoms with van der Waals surface area (Å²) in [6.45, 7) is 3.39. The summed E-state index contributed by atoms with van der Waals surface area (Å²) in [6, 6.07) is 4.48. The SMILES string of the molecule is CC1CCNc2ccc(C3CCCC3)nc21.Cl. The van der Waals surface area contributed by atoms with Crippen LogP contribution >= 0.6 is 12.4 Å². The van der Waals surface area contributed by atoms with Crippen molar-refractivity contribution < 1.29 is 0 Å². The Morgan fingerprint density at radius 1 is 1.18 bits per heavy atom. The van der Waals surface area contributed by atoms with Crippen LogP contribution in [0.2, 0.25) is 0 Å². The molecule has 3 heteroatoms. The Morgan fingerprint density at radius 3 is 2.71 bits per heavy atom. The van der Waals surface area contributed by atoms with E-state index >= 15 is 0 Å². The van der Waals surface area contributed by atoms with E-state index in [1.165, 1.54) is 49.2 Å². The maximum Gasteiger partial charge on any atom is 0.0666 e. The van der Waals surface area contributed by atoms with Gasteiger partial charge in [-0.15, -0.1) is 12.4 Å². The van der Waals surface area contributed by atoms with Gasteiger partial charge in [-0.25, -0.2) is 0 Å². The molecule has 1 aliphatic heterocycles. The highest BCUT2D eigenvalue weighted by atomic mass is 35.5. The third-order valence-electron chi connectivity index (χ3n) is 4.08. The fraction of sp³-hybridized carbons (Fsp3) is 0.643. The van der Waals surface area contributed by atoms with Crippen LogP contribution in [0.4, 0.5) is 5.69 Å². The molecule has 1 N–H and O–H groups in total. The highest BCUT2D eigenvalue weighted by Crippen LogP contribution is 2.36. The smallest absolute Gasteiger partial charge is 0.0666 e. The predicted molar refractivity (Wildman–Crippen MR) is 74.2 cm³/mol. The summed E-state index contributed by atoms with van der Waals surface area (Å²) >= 11 is 0. The number of halogens is 1. The van der Waals surface area contributed by atoms with E-state index in [-0.39, 0.29) is 12.4 Å². The fourth-order valence-corrected chi connectivity index (χ4v) is 3.02. The Bertz CT molecular complexity index is 386. The molecule has 0 spiro atoms. The topological polar surface area (TPSA) is 24.9 Å². The molecule has 1 aromatic heterocycles. The molecule has 1 atom stereocenters. The lowest BCUT2D eigenvalue weighted by Crippen LogP contribution is -2.17. The zero-order valence-corrected chi connectivity index (χ0v) is 11.2. The van der Waals surface area contributed by atoms with Gasteiger partial charge in [0.1, 0.15) is 0 Å². The molecule has 2 heterocycles. The highest BCUT2D eigenvalue weighted by molar-refractivity contribution is 5.85. The first-order chi connectivity index (χ1) is 7.84. The molecule has 0 aromatic carbocycles. The number of hydrogen-bond donors (Lipinski definition) is 1. The van der Waals surface area contributed by atoms with Gasteiger partial charge in [-0.2, -0.15) is 0 Å². The first-order valence-electron chi connectivity index (χ1n) is 6.59. The fourth-order valence-electron chi connectivity index (χ4n) is 3.02.